The lowest BCUT2D eigenvalue weighted by Gasteiger charge is -2.41. The molecule has 8 nitrogen and oxygen atoms in total. The fourth-order valence-corrected chi connectivity index (χ4v) is 5.92. The lowest BCUT2D eigenvalue weighted by Crippen LogP contribution is -2.62. The number of hydrogen-bond donors (Lipinski definition) is 6. The van der Waals surface area contributed by atoms with Gasteiger partial charge in [0.05, 0.1) is 18.1 Å². The Labute approximate surface area is 198 Å². The number of piperidine rings is 1. The maximum absolute atomic E-state index is 14.7. The van der Waals surface area contributed by atoms with Crippen molar-refractivity contribution in [3.05, 3.63) is 0 Å². The first kappa shape index (κ1) is 26.5. The highest BCUT2D eigenvalue weighted by molar-refractivity contribution is 5.81. The molecule has 1 amide bonds. The number of halogens is 1. The topological polar surface area (TPSA) is 116 Å². The highest BCUT2D eigenvalue weighted by Gasteiger charge is 2.40. The van der Waals surface area contributed by atoms with Crippen LogP contribution in [0.25, 0.3) is 0 Å². The molecule has 2 saturated heterocycles. The van der Waals surface area contributed by atoms with Crippen LogP contribution in [0.5, 0.6) is 0 Å². The van der Waals surface area contributed by atoms with Crippen LogP contribution in [0.15, 0.2) is 4.99 Å². The van der Waals surface area contributed by atoms with Crippen LogP contribution in [0.3, 0.4) is 0 Å². The molecule has 3 rings (SSSR count). The minimum absolute atomic E-state index is 0.0372. The fraction of sp³-hybridized carbons (Fsp3) is 0.917. The summed E-state index contributed by atoms with van der Waals surface area (Å²) in [5.74, 6) is 0.192. The first-order chi connectivity index (χ1) is 15.7. The molecule has 0 aromatic carbocycles. The normalized spacial score (nSPS) is 37.1. The van der Waals surface area contributed by atoms with Gasteiger partial charge in [0, 0.05) is 44.6 Å². The molecular formula is C24H46FN7O. The monoisotopic (exact) mass is 467 g/mol. The fourth-order valence-electron chi connectivity index (χ4n) is 5.92. The van der Waals surface area contributed by atoms with E-state index in [4.69, 9.17) is 5.73 Å². The van der Waals surface area contributed by atoms with Crippen molar-refractivity contribution in [1.82, 2.24) is 26.6 Å². The Morgan fingerprint density at radius 2 is 1.97 bits per heavy atom. The SMILES string of the molecule is CCCC(C)(C)C1CC(F)C=NC(C)C(C(=O)NC2CNCCC2C2CNCNC2)C(N)N1. The number of aliphatic imine (C=N–C) groups is 1. The quantitative estimate of drug-likeness (QED) is 0.343. The van der Waals surface area contributed by atoms with Crippen molar-refractivity contribution in [2.75, 3.05) is 32.8 Å². The van der Waals surface area contributed by atoms with E-state index in [2.05, 4.69) is 52.3 Å². The molecule has 9 heteroatoms. The molecule has 3 aliphatic heterocycles. The lowest BCUT2D eigenvalue weighted by molar-refractivity contribution is -0.128. The molecule has 3 heterocycles. The maximum atomic E-state index is 14.7. The van der Waals surface area contributed by atoms with Crippen LogP contribution in [0.2, 0.25) is 0 Å². The highest BCUT2D eigenvalue weighted by Crippen LogP contribution is 2.31. The summed E-state index contributed by atoms with van der Waals surface area (Å²) < 4.78 is 14.7. The molecule has 2 fully saturated rings. The first-order valence-corrected chi connectivity index (χ1v) is 12.8. The van der Waals surface area contributed by atoms with Gasteiger partial charge in [-0.1, -0.05) is 27.2 Å². The third-order valence-corrected chi connectivity index (χ3v) is 7.92. The Hall–Kier alpha value is -1.13. The molecule has 7 atom stereocenters. The standard InChI is InChI=1S/C24H46FN7O/c1-5-7-24(3,4)20-9-17(25)12-30-15(2)21(22(26)32-20)23(33)31-19-13-27-8-6-18(19)16-10-28-14-29-11-16/h12,15-22,27-29,32H,5-11,13-14,26H2,1-4H3,(H,31,33). The van der Waals surface area contributed by atoms with E-state index < -0.39 is 24.3 Å². The van der Waals surface area contributed by atoms with Crippen molar-refractivity contribution in [3.63, 3.8) is 0 Å². The number of amides is 1. The Morgan fingerprint density at radius 3 is 2.67 bits per heavy atom. The summed E-state index contributed by atoms with van der Waals surface area (Å²) in [6.07, 6.45) is 2.91. The van der Waals surface area contributed by atoms with Crippen LogP contribution < -0.4 is 32.3 Å². The van der Waals surface area contributed by atoms with Gasteiger partial charge in [0.25, 0.3) is 0 Å². The maximum Gasteiger partial charge on any atom is 0.228 e. The van der Waals surface area contributed by atoms with Gasteiger partial charge in [-0.05, 0) is 50.0 Å². The largest absolute Gasteiger partial charge is 0.351 e. The zero-order chi connectivity index (χ0) is 24.0. The number of nitrogens with two attached hydrogens (primary N) is 1. The highest BCUT2D eigenvalue weighted by atomic mass is 19.1. The molecule has 7 N–H and O–H groups in total. The molecule has 33 heavy (non-hydrogen) atoms. The second kappa shape index (κ2) is 12.0. The lowest BCUT2D eigenvalue weighted by atomic mass is 9.77. The number of carbonyl (C=O) groups excluding carboxylic acids is 1. The van der Waals surface area contributed by atoms with Crippen LogP contribution in [0, 0.1) is 23.2 Å². The van der Waals surface area contributed by atoms with Crippen LogP contribution in [-0.4, -0.2) is 75.4 Å². The minimum Gasteiger partial charge on any atom is -0.351 e. The van der Waals surface area contributed by atoms with Crippen LogP contribution in [-0.2, 0) is 4.79 Å². The van der Waals surface area contributed by atoms with Gasteiger partial charge in [0.1, 0.15) is 6.17 Å². The summed E-state index contributed by atoms with van der Waals surface area (Å²) in [7, 11) is 0. The molecule has 3 aliphatic rings. The minimum atomic E-state index is -1.16. The zero-order valence-corrected chi connectivity index (χ0v) is 20.9. The second-order valence-electron chi connectivity index (χ2n) is 10.9. The van der Waals surface area contributed by atoms with Crippen molar-refractivity contribution >= 4 is 12.1 Å². The predicted octanol–water partition coefficient (Wildman–Crippen LogP) is 0.734. The third-order valence-electron chi connectivity index (χ3n) is 7.92. The average Bonchev–Trinajstić information content (AvgIpc) is 2.83. The van der Waals surface area contributed by atoms with Crippen LogP contribution in [0.1, 0.15) is 53.4 Å². The number of rotatable bonds is 6. The molecule has 7 unspecified atom stereocenters. The van der Waals surface area contributed by atoms with E-state index in [1.165, 1.54) is 6.21 Å². The van der Waals surface area contributed by atoms with Gasteiger partial charge in [-0.25, -0.2) is 4.39 Å². The van der Waals surface area contributed by atoms with Crippen molar-refractivity contribution in [2.24, 2.45) is 33.9 Å². The summed E-state index contributed by atoms with van der Waals surface area (Å²) >= 11 is 0. The van der Waals surface area contributed by atoms with E-state index in [0.29, 0.717) is 18.3 Å². The van der Waals surface area contributed by atoms with Gasteiger partial charge in [-0.15, -0.1) is 0 Å². The van der Waals surface area contributed by atoms with Gasteiger partial charge in [0.15, 0.2) is 0 Å². The summed E-state index contributed by atoms with van der Waals surface area (Å²) in [6, 6.07) is -0.514. The molecule has 0 bridgehead atoms. The zero-order valence-electron chi connectivity index (χ0n) is 20.9. The molecule has 190 valence electrons. The van der Waals surface area contributed by atoms with E-state index in [-0.39, 0.29) is 23.4 Å². The Bertz CT molecular complexity index is 655. The first-order valence-electron chi connectivity index (χ1n) is 12.8. The van der Waals surface area contributed by atoms with Gasteiger partial charge in [-0.3, -0.25) is 15.1 Å². The van der Waals surface area contributed by atoms with E-state index in [0.717, 1.165) is 52.1 Å². The van der Waals surface area contributed by atoms with E-state index >= 15 is 0 Å². The molecule has 0 aromatic heterocycles. The Balaban J connectivity index is 1.75. The van der Waals surface area contributed by atoms with E-state index in [1.807, 2.05) is 6.92 Å². The summed E-state index contributed by atoms with van der Waals surface area (Å²) in [5.41, 5.74) is 6.48. The Kier molecular flexibility index (Phi) is 9.64. The van der Waals surface area contributed by atoms with E-state index in [9.17, 15) is 9.18 Å². The summed E-state index contributed by atoms with van der Waals surface area (Å²) in [6.45, 7) is 12.7. The number of nitrogens with one attached hydrogen (secondary N) is 5. The second-order valence-corrected chi connectivity index (χ2v) is 10.9. The van der Waals surface area contributed by atoms with Crippen LogP contribution >= 0.6 is 0 Å². The van der Waals surface area contributed by atoms with Crippen molar-refractivity contribution in [1.29, 1.82) is 0 Å². The predicted molar refractivity (Wildman–Crippen MR) is 132 cm³/mol. The van der Waals surface area contributed by atoms with Gasteiger partial charge in [-0.2, -0.15) is 0 Å². The van der Waals surface area contributed by atoms with Crippen molar-refractivity contribution < 1.29 is 9.18 Å². The molecule has 0 aliphatic carbocycles. The molecular weight excluding hydrogens is 421 g/mol. The van der Waals surface area contributed by atoms with Gasteiger partial charge in [0.2, 0.25) is 5.91 Å². The molecule has 0 aromatic rings. The molecule has 0 spiro atoms. The number of alkyl halides is 1. The summed E-state index contributed by atoms with van der Waals surface area (Å²) in [5, 5.41) is 17.0. The van der Waals surface area contributed by atoms with Crippen LogP contribution in [0.4, 0.5) is 4.39 Å². The average molecular weight is 468 g/mol. The molecule has 0 radical (unpaired) electrons. The van der Waals surface area contributed by atoms with Crippen molar-refractivity contribution in [2.45, 2.75) is 83.8 Å². The van der Waals surface area contributed by atoms with Crippen molar-refractivity contribution in [3.8, 4) is 0 Å². The Morgan fingerprint density at radius 1 is 1.24 bits per heavy atom. The summed E-state index contributed by atoms with van der Waals surface area (Å²) in [4.78, 5) is 18.0. The third kappa shape index (κ3) is 6.94. The number of nitrogens with zero attached hydrogens (tertiary/aromatic N) is 1. The van der Waals surface area contributed by atoms with E-state index in [1.54, 1.807) is 0 Å². The number of hydrogen-bond acceptors (Lipinski definition) is 7. The molecule has 0 saturated carbocycles. The smallest absolute Gasteiger partial charge is 0.228 e. The van der Waals surface area contributed by atoms with Gasteiger partial charge >= 0.3 is 0 Å². The number of carbonyl (C=O) groups is 1. The van der Waals surface area contributed by atoms with Gasteiger partial charge < -0.3 is 27.0 Å².